The molecule has 1 rings (SSSR count). The van der Waals surface area contributed by atoms with E-state index in [-0.39, 0.29) is 17.4 Å². The van der Waals surface area contributed by atoms with Gasteiger partial charge in [-0.25, -0.2) is 0 Å². The van der Waals surface area contributed by atoms with Crippen LogP contribution in [0.2, 0.25) is 0 Å². The van der Waals surface area contributed by atoms with E-state index in [1.807, 2.05) is 6.92 Å². The van der Waals surface area contributed by atoms with Gasteiger partial charge in [0.05, 0.1) is 11.7 Å². The fourth-order valence-electron chi connectivity index (χ4n) is 1.53. The van der Waals surface area contributed by atoms with Gasteiger partial charge in [-0.3, -0.25) is 4.79 Å². The number of aromatic hydroxyl groups is 2. The Kier molecular flexibility index (Phi) is 4.94. The first-order valence-corrected chi connectivity index (χ1v) is 5.74. The van der Waals surface area contributed by atoms with Crippen molar-refractivity contribution in [2.24, 2.45) is 11.5 Å². The molecule has 0 saturated carbocycles. The molecule has 1 amide bonds. The van der Waals surface area contributed by atoms with Crippen LogP contribution in [0.1, 0.15) is 30.1 Å². The summed E-state index contributed by atoms with van der Waals surface area (Å²) < 4.78 is 0. The highest BCUT2D eigenvalue weighted by molar-refractivity contribution is 5.97. The number of para-hydroxylation sites is 1. The summed E-state index contributed by atoms with van der Waals surface area (Å²) >= 11 is 0. The monoisotopic (exact) mass is 253 g/mol. The van der Waals surface area contributed by atoms with Crippen LogP contribution in [-0.2, 0) is 0 Å². The molecular formula is C12H19N3O3. The Hall–Kier alpha value is -1.79. The highest BCUT2D eigenvalue weighted by atomic mass is 16.3. The van der Waals surface area contributed by atoms with Crippen LogP contribution in [0.25, 0.3) is 0 Å². The van der Waals surface area contributed by atoms with E-state index in [9.17, 15) is 15.0 Å². The lowest BCUT2D eigenvalue weighted by molar-refractivity contribution is 0.0934. The van der Waals surface area contributed by atoms with Gasteiger partial charge in [-0.2, -0.15) is 0 Å². The van der Waals surface area contributed by atoms with Crippen LogP contribution in [-0.4, -0.2) is 28.3 Å². The molecule has 0 aliphatic carbocycles. The summed E-state index contributed by atoms with van der Waals surface area (Å²) in [6.07, 6.45) is 0.828. The fraction of sp³-hybridized carbons (Fsp3) is 0.417. The number of nitrogens with two attached hydrogens (primary N) is 2. The molecule has 0 saturated heterocycles. The fourth-order valence-corrected chi connectivity index (χ4v) is 1.53. The Morgan fingerprint density at radius 1 is 1.33 bits per heavy atom. The van der Waals surface area contributed by atoms with E-state index in [1.165, 1.54) is 18.2 Å². The Balaban J connectivity index is 2.62. The van der Waals surface area contributed by atoms with E-state index in [0.29, 0.717) is 12.8 Å². The van der Waals surface area contributed by atoms with Crippen LogP contribution in [0.15, 0.2) is 18.2 Å². The molecule has 0 bridgehead atoms. The summed E-state index contributed by atoms with van der Waals surface area (Å²) in [6, 6.07) is 4.12. The van der Waals surface area contributed by atoms with Crippen molar-refractivity contribution in [2.45, 2.75) is 32.0 Å². The van der Waals surface area contributed by atoms with Crippen LogP contribution in [0.5, 0.6) is 11.5 Å². The number of phenols is 2. The quantitative estimate of drug-likeness (QED) is 0.380. The van der Waals surface area contributed by atoms with Gasteiger partial charge in [0, 0.05) is 6.04 Å². The smallest absolute Gasteiger partial charge is 0.255 e. The molecule has 7 N–H and O–H groups in total. The average molecular weight is 253 g/mol. The van der Waals surface area contributed by atoms with E-state index in [0.717, 1.165) is 0 Å². The van der Waals surface area contributed by atoms with E-state index < -0.39 is 17.8 Å². The largest absolute Gasteiger partial charge is 0.504 e. The zero-order valence-corrected chi connectivity index (χ0v) is 10.3. The van der Waals surface area contributed by atoms with Crippen molar-refractivity contribution in [1.82, 2.24) is 5.32 Å². The number of phenolic OH excluding ortho intramolecular Hbond substituents is 2. The first kappa shape index (κ1) is 14.3. The summed E-state index contributed by atoms with van der Waals surface area (Å²) in [4.78, 5) is 11.8. The van der Waals surface area contributed by atoms with Crippen molar-refractivity contribution in [3.05, 3.63) is 23.8 Å². The van der Waals surface area contributed by atoms with Gasteiger partial charge in [0.2, 0.25) is 0 Å². The Labute approximate surface area is 106 Å². The number of carbonyl (C=O) groups is 1. The number of hydrogen-bond acceptors (Lipinski definition) is 5. The van der Waals surface area contributed by atoms with Crippen molar-refractivity contribution in [1.29, 1.82) is 0 Å². The second-order valence-corrected chi connectivity index (χ2v) is 4.29. The number of nitrogens with one attached hydrogen (secondary N) is 1. The van der Waals surface area contributed by atoms with Crippen molar-refractivity contribution in [3.63, 3.8) is 0 Å². The summed E-state index contributed by atoms with van der Waals surface area (Å²) in [5, 5.41) is 21.5. The lowest BCUT2D eigenvalue weighted by atomic mass is 10.1. The van der Waals surface area contributed by atoms with Crippen molar-refractivity contribution in [2.75, 3.05) is 0 Å². The number of hydrogen-bond donors (Lipinski definition) is 5. The Bertz CT molecular complexity index is 421. The Morgan fingerprint density at radius 2 is 2.00 bits per heavy atom. The minimum Gasteiger partial charge on any atom is -0.504 e. The van der Waals surface area contributed by atoms with Gasteiger partial charge in [0.15, 0.2) is 11.5 Å². The van der Waals surface area contributed by atoms with Gasteiger partial charge in [-0.05, 0) is 31.9 Å². The van der Waals surface area contributed by atoms with Crippen molar-refractivity contribution >= 4 is 5.91 Å². The maximum atomic E-state index is 11.8. The summed E-state index contributed by atoms with van der Waals surface area (Å²) in [7, 11) is 0. The average Bonchev–Trinajstić information content (AvgIpc) is 2.30. The molecule has 18 heavy (non-hydrogen) atoms. The zero-order valence-electron chi connectivity index (χ0n) is 10.3. The molecule has 0 aliphatic heterocycles. The van der Waals surface area contributed by atoms with Gasteiger partial charge < -0.3 is 27.0 Å². The second-order valence-electron chi connectivity index (χ2n) is 4.29. The van der Waals surface area contributed by atoms with E-state index >= 15 is 0 Å². The zero-order chi connectivity index (χ0) is 13.7. The predicted octanol–water partition coefficient (Wildman–Crippen LogP) is 0.240. The molecule has 0 aromatic heterocycles. The molecule has 100 valence electrons. The molecular weight excluding hydrogens is 234 g/mol. The molecule has 6 nitrogen and oxygen atoms in total. The normalized spacial score (nSPS) is 12.4. The molecule has 0 aliphatic rings. The second kappa shape index (κ2) is 6.23. The van der Waals surface area contributed by atoms with E-state index in [1.54, 1.807) is 0 Å². The molecule has 0 fully saturated rings. The van der Waals surface area contributed by atoms with Gasteiger partial charge in [0.25, 0.3) is 5.91 Å². The molecule has 6 heteroatoms. The lowest BCUT2D eigenvalue weighted by Crippen LogP contribution is -2.36. The number of rotatable bonds is 5. The van der Waals surface area contributed by atoms with E-state index in [4.69, 9.17) is 11.5 Å². The molecule has 0 radical (unpaired) electrons. The first-order chi connectivity index (χ1) is 8.41. The minimum absolute atomic E-state index is 0.0406. The minimum atomic E-state index is -0.443. The van der Waals surface area contributed by atoms with Gasteiger partial charge in [-0.1, -0.05) is 6.07 Å². The molecule has 1 aromatic carbocycles. The van der Waals surface area contributed by atoms with Crippen LogP contribution in [0, 0.1) is 0 Å². The Morgan fingerprint density at radius 3 is 2.61 bits per heavy atom. The first-order valence-electron chi connectivity index (χ1n) is 5.74. The number of amides is 1. The summed E-state index contributed by atoms with van der Waals surface area (Å²) in [5.74, 6) is -1.18. The number of carbonyl (C=O) groups excluding carboxylic acids is 1. The molecule has 0 heterocycles. The topological polar surface area (TPSA) is 122 Å². The SMILES string of the molecule is CC(CCC(N)N)NC(=O)c1cccc(O)c1O. The maximum absolute atomic E-state index is 11.8. The lowest BCUT2D eigenvalue weighted by Gasteiger charge is -2.15. The highest BCUT2D eigenvalue weighted by Crippen LogP contribution is 2.28. The standard InChI is InChI=1S/C12H19N3O3/c1-7(5-6-10(13)14)15-12(18)8-3-2-4-9(16)11(8)17/h2-4,7,10,16-17H,5-6,13-14H2,1H3,(H,15,18). The highest BCUT2D eigenvalue weighted by Gasteiger charge is 2.15. The van der Waals surface area contributed by atoms with Crippen LogP contribution < -0.4 is 16.8 Å². The molecule has 1 unspecified atom stereocenters. The summed E-state index contributed by atoms with van der Waals surface area (Å²) in [5.41, 5.74) is 10.9. The molecule has 0 spiro atoms. The molecule has 1 aromatic rings. The summed E-state index contributed by atoms with van der Waals surface area (Å²) in [6.45, 7) is 1.82. The maximum Gasteiger partial charge on any atom is 0.255 e. The van der Waals surface area contributed by atoms with Crippen LogP contribution >= 0.6 is 0 Å². The molecule has 1 atom stereocenters. The third kappa shape index (κ3) is 3.90. The van der Waals surface area contributed by atoms with Crippen LogP contribution in [0.4, 0.5) is 0 Å². The van der Waals surface area contributed by atoms with Gasteiger partial charge >= 0.3 is 0 Å². The third-order valence-electron chi connectivity index (χ3n) is 2.57. The number of benzene rings is 1. The van der Waals surface area contributed by atoms with Crippen molar-refractivity contribution < 1.29 is 15.0 Å². The predicted molar refractivity (Wildman–Crippen MR) is 68.1 cm³/mol. The van der Waals surface area contributed by atoms with Gasteiger partial charge in [-0.15, -0.1) is 0 Å². The van der Waals surface area contributed by atoms with Crippen molar-refractivity contribution in [3.8, 4) is 11.5 Å². The third-order valence-corrected chi connectivity index (χ3v) is 2.57. The van der Waals surface area contributed by atoms with E-state index in [2.05, 4.69) is 5.32 Å². The van der Waals surface area contributed by atoms with Gasteiger partial charge in [0.1, 0.15) is 0 Å². The van der Waals surface area contributed by atoms with Crippen LogP contribution in [0.3, 0.4) is 0 Å².